The lowest BCUT2D eigenvalue weighted by atomic mass is 10.0. The number of cyclic esters (lactones) is 1. The zero-order chi connectivity index (χ0) is 24.9. The van der Waals surface area contributed by atoms with Crippen molar-refractivity contribution in [2.75, 3.05) is 40.8 Å². The first-order chi connectivity index (χ1) is 16.8. The van der Waals surface area contributed by atoms with Gasteiger partial charge in [-0.2, -0.15) is 0 Å². The van der Waals surface area contributed by atoms with E-state index >= 15 is 0 Å². The van der Waals surface area contributed by atoms with Crippen molar-refractivity contribution < 1.29 is 18.7 Å². The number of carbonyl (C=O) groups excluding carboxylic acids is 2. The summed E-state index contributed by atoms with van der Waals surface area (Å²) < 4.78 is 18.7. The highest BCUT2D eigenvalue weighted by Gasteiger charge is 2.32. The fourth-order valence-corrected chi connectivity index (χ4v) is 4.01. The van der Waals surface area contributed by atoms with E-state index in [1.54, 1.807) is 21.9 Å². The van der Waals surface area contributed by atoms with Crippen LogP contribution in [0, 0.1) is 5.82 Å². The molecule has 0 saturated carbocycles. The minimum atomic E-state index is -0.404. The molecule has 0 bridgehead atoms. The average Bonchev–Trinajstić information content (AvgIpc) is 3.22. The highest BCUT2D eigenvalue weighted by Crippen LogP contribution is 2.28. The molecule has 7 heteroatoms. The number of likely N-dealkylation sites (N-methyl/N-ethyl adjacent to an activating group) is 2. The van der Waals surface area contributed by atoms with Crippen LogP contribution in [0.15, 0.2) is 72.8 Å². The summed E-state index contributed by atoms with van der Waals surface area (Å²) in [5.74, 6) is -0.324. The van der Waals surface area contributed by atoms with Gasteiger partial charge in [-0.25, -0.2) is 9.18 Å². The van der Waals surface area contributed by atoms with Gasteiger partial charge >= 0.3 is 6.09 Å². The second kappa shape index (κ2) is 10.7. The van der Waals surface area contributed by atoms with Gasteiger partial charge in [-0.3, -0.25) is 9.69 Å². The molecule has 1 saturated heterocycles. The van der Waals surface area contributed by atoms with Crippen molar-refractivity contribution >= 4 is 12.0 Å². The van der Waals surface area contributed by atoms with Gasteiger partial charge in [-0.05, 0) is 60.6 Å². The van der Waals surface area contributed by atoms with Gasteiger partial charge in [0.15, 0.2) is 0 Å². The summed E-state index contributed by atoms with van der Waals surface area (Å²) >= 11 is 0. The fraction of sp³-hybridized carbons (Fsp3) is 0.286. The smallest absolute Gasteiger partial charge is 0.410 e. The first-order valence-corrected chi connectivity index (χ1v) is 11.6. The molecule has 1 heterocycles. The minimum Gasteiger partial charge on any atom is -0.439 e. The Balaban J connectivity index is 1.40. The Bertz CT molecular complexity index is 1180. The molecule has 1 aliphatic rings. The Labute approximate surface area is 205 Å². The maximum Gasteiger partial charge on any atom is 0.410 e. The molecule has 1 atom stereocenters. The first-order valence-electron chi connectivity index (χ1n) is 11.6. The fourth-order valence-electron chi connectivity index (χ4n) is 4.01. The molecule has 0 radical (unpaired) electrons. The third-order valence-electron chi connectivity index (χ3n) is 6.13. The maximum atomic E-state index is 13.2. The molecule has 35 heavy (non-hydrogen) atoms. The number of nitrogens with zero attached hydrogens (tertiary/aromatic N) is 3. The maximum absolute atomic E-state index is 13.2. The third-order valence-corrected chi connectivity index (χ3v) is 6.13. The molecular weight excluding hydrogens is 445 g/mol. The van der Waals surface area contributed by atoms with Crippen LogP contribution in [0.25, 0.3) is 11.1 Å². The molecule has 3 aromatic rings. The molecular formula is C28H30FN3O3. The van der Waals surface area contributed by atoms with Gasteiger partial charge in [0.1, 0.15) is 11.9 Å². The first kappa shape index (κ1) is 24.4. The van der Waals surface area contributed by atoms with Crippen LogP contribution in [0.1, 0.15) is 27.6 Å². The summed E-state index contributed by atoms with van der Waals surface area (Å²) in [6.07, 6.45) is -0.786. The Kier molecular flexibility index (Phi) is 7.46. The normalized spacial score (nSPS) is 15.4. The lowest BCUT2D eigenvalue weighted by Gasteiger charge is -2.20. The van der Waals surface area contributed by atoms with Crippen molar-refractivity contribution in [2.45, 2.75) is 12.6 Å². The second-order valence-corrected chi connectivity index (χ2v) is 9.11. The summed E-state index contributed by atoms with van der Waals surface area (Å²) in [6, 6.07) is 21.6. The molecule has 4 rings (SSSR count). The third kappa shape index (κ3) is 6.05. The summed E-state index contributed by atoms with van der Waals surface area (Å²) in [5.41, 5.74) is 4.35. The molecule has 0 unspecified atom stereocenters. The number of rotatable bonds is 8. The largest absolute Gasteiger partial charge is 0.439 e. The van der Waals surface area contributed by atoms with Crippen molar-refractivity contribution in [1.29, 1.82) is 0 Å². The molecule has 6 nitrogen and oxygen atoms in total. The van der Waals surface area contributed by atoms with E-state index in [9.17, 15) is 14.0 Å². The summed E-state index contributed by atoms with van der Waals surface area (Å²) in [4.78, 5) is 30.6. The molecule has 2 amide bonds. The molecule has 0 aromatic heterocycles. The predicted octanol–water partition coefficient (Wildman–Crippen LogP) is 4.82. The molecule has 3 aromatic carbocycles. The number of hydrogen-bond donors (Lipinski definition) is 0. The van der Waals surface area contributed by atoms with Crippen molar-refractivity contribution in [3.05, 3.63) is 95.3 Å². The monoisotopic (exact) mass is 475 g/mol. The van der Waals surface area contributed by atoms with E-state index in [1.807, 2.05) is 74.6 Å². The van der Waals surface area contributed by atoms with Crippen LogP contribution >= 0.6 is 0 Å². The van der Waals surface area contributed by atoms with Crippen LogP contribution in [0.5, 0.6) is 0 Å². The van der Waals surface area contributed by atoms with E-state index in [0.717, 1.165) is 28.8 Å². The average molecular weight is 476 g/mol. The molecule has 0 aliphatic carbocycles. The van der Waals surface area contributed by atoms with Gasteiger partial charge in [-0.15, -0.1) is 0 Å². The zero-order valence-corrected chi connectivity index (χ0v) is 20.3. The minimum absolute atomic E-state index is 0.00595. The van der Waals surface area contributed by atoms with Crippen molar-refractivity contribution in [1.82, 2.24) is 14.7 Å². The SMILES string of the molecule is CN(C)CCN(C)C(=O)c1cccc(-c2ccc(CN3C[C@@H](c4ccc(F)cc4)OC3=O)cc2)c1. The van der Waals surface area contributed by atoms with Gasteiger partial charge < -0.3 is 14.5 Å². The number of halogens is 1. The Hall–Kier alpha value is -3.71. The van der Waals surface area contributed by atoms with Gasteiger partial charge in [0.2, 0.25) is 0 Å². The summed E-state index contributed by atoms with van der Waals surface area (Å²) in [5, 5.41) is 0. The van der Waals surface area contributed by atoms with E-state index in [2.05, 4.69) is 0 Å². The quantitative estimate of drug-likeness (QED) is 0.469. The Morgan fingerprint density at radius 2 is 1.69 bits per heavy atom. The summed E-state index contributed by atoms with van der Waals surface area (Å²) in [6.45, 7) is 2.30. The van der Waals surface area contributed by atoms with E-state index in [4.69, 9.17) is 4.74 Å². The van der Waals surface area contributed by atoms with E-state index in [0.29, 0.717) is 25.2 Å². The predicted molar refractivity (Wildman–Crippen MR) is 133 cm³/mol. The van der Waals surface area contributed by atoms with Crippen molar-refractivity contribution in [2.24, 2.45) is 0 Å². The van der Waals surface area contributed by atoms with E-state index < -0.39 is 6.10 Å². The molecule has 0 spiro atoms. The highest BCUT2D eigenvalue weighted by molar-refractivity contribution is 5.95. The van der Waals surface area contributed by atoms with E-state index in [-0.39, 0.29) is 17.8 Å². The number of amides is 2. The van der Waals surface area contributed by atoms with Gasteiger partial charge in [0, 0.05) is 32.2 Å². The summed E-state index contributed by atoms with van der Waals surface area (Å²) in [7, 11) is 5.79. The topological polar surface area (TPSA) is 53.1 Å². The second-order valence-electron chi connectivity index (χ2n) is 9.11. The zero-order valence-electron chi connectivity index (χ0n) is 20.3. The number of benzene rings is 3. The van der Waals surface area contributed by atoms with Crippen LogP contribution in [-0.4, -0.2) is 67.5 Å². The van der Waals surface area contributed by atoms with Crippen LogP contribution in [0.2, 0.25) is 0 Å². The van der Waals surface area contributed by atoms with Crippen LogP contribution < -0.4 is 0 Å². The molecule has 1 aliphatic heterocycles. The van der Waals surface area contributed by atoms with Gasteiger partial charge in [0.05, 0.1) is 6.54 Å². The lowest BCUT2D eigenvalue weighted by molar-refractivity contribution is 0.0786. The van der Waals surface area contributed by atoms with Crippen LogP contribution in [0.4, 0.5) is 9.18 Å². The lowest BCUT2D eigenvalue weighted by Crippen LogP contribution is -2.33. The standard InChI is InChI=1S/C28H30FN3O3/c1-30(2)15-16-31(3)27(33)24-6-4-5-23(17-24)21-9-7-20(8-10-21)18-32-19-26(35-28(32)34)22-11-13-25(29)14-12-22/h4-14,17,26H,15-16,18-19H2,1-3H3/t26-/m0/s1. The van der Waals surface area contributed by atoms with Crippen LogP contribution in [0.3, 0.4) is 0 Å². The molecule has 182 valence electrons. The van der Waals surface area contributed by atoms with Crippen LogP contribution in [-0.2, 0) is 11.3 Å². The number of hydrogen-bond acceptors (Lipinski definition) is 4. The Morgan fingerprint density at radius 1 is 0.971 bits per heavy atom. The number of ether oxygens (including phenoxy) is 1. The van der Waals surface area contributed by atoms with Crippen molar-refractivity contribution in [3.63, 3.8) is 0 Å². The highest BCUT2D eigenvalue weighted by atomic mass is 19.1. The Morgan fingerprint density at radius 3 is 2.37 bits per heavy atom. The van der Waals surface area contributed by atoms with Gasteiger partial charge in [0.25, 0.3) is 5.91 Å². The van der Waals surface area contributed by atoms with Gasteiger partial charge in [-0.1, -0.05) is 48.5 Å². The molecule has 0 N–H and O–H groups in total. The van der Waals surface area contributed by atoms with Crippen molar-refractivity contribution in [3.8, 4) is 11.1 Å². The number of carbonyl (C=O) groups is 2. The van der Waals surface area contributed by atoms with E-state index in [1.165, 1.54) is 12.1 Å². The molecule has 1 fully saturated rings.